The Morgan fingerprint density at radius 3 is 2.68 bits per heavy atom. The van der Waals surface area contributed by atoms with Crippen LogP contribution < -0.4 is 9.47 Å². The predicted molar refractivity (Wildman–Crippen MR) is 146 cm³/mol. The summed E-state index contributed by atoms with van der Waals surface area (Å²) < 4.78 is 14.1. The summed E-state index contributed by atoms with van der Waals surface area (Å²) in [5.74, 6) is 0.374. The summed E-state index contributed by atoms with van der Waals surface area (Å²) in [6.45, 7) is 8.73. The lowest BCUT2D eigenvalue weighted by Gasteiger charge is -2.14. The molecule has 2 aromatic heterocycles. The van der Waals surface area contributed by atoms with Gasteiger partial charge in [0.15, 0.2) is 11.2 Å². The van der Waals surface area contributed by atoms with Crippen LogP contribution in [0.4, 0.5) is 0 Å². The van der Waals surface area contributed by atoms with E-state index in [-0.39, 0.29) is 12.2 Å². The van der Waals surface area contributed by atoms with E-state index in [1.54, 1.807) is 13.0 Å². The lowest BCUT2D eigenvalue weighted by atomic mass is 10.1. The van der Waals surface area contributed by atoms with Gasteiger partial charge in [-0.25, -0.2) is 9.97 Å². The highest BCUT2D eigenvalue weighted by atomic mass is 35.5. The van der Waals surface area contributed by atoms with Crippen LogP contribution in [0.1, 0.15) is 49.8 Å². The number of carboxylic acids is 1. The summed E-state index contributed by atoms with van der Waals surface area (Å²) in [5, 5.41) is 9.56. The average molecular weight is 535 g/mol. The van der Waals surface area contributed by atoms with Crippen LogP contribution in [0.2, 0.25) is 5.02 Å². The van der Waals surface area contributed by atoms with Crippen molar-refractivity contribution in [2.24, 2.45) is 5.92 Å². The molecule has 1 fully saturated rings. The first-order valence-electron chi connectivity index (χ1n) is 12.8. The van der Waals surface area contributed by atoms with Crippen LogP contribution in [-0.2, 0) is 11.3 Å². The van der Waals surface area contributed by atoms with E-state index in [0.29, 0.717) is 46.6 Å². The Morgan fingerprint density at radius 2 is 1.97 bits per heavy atom. The first kappa shape index (κ1) is 26.0. The SMILES string of the molecule is Cc1ccc(C)c(Cn2c(-c3ccc(OCCC(C)C(=O)O)cc3Cl)nc3c(OC4(C)CC4)ncnc32)c1. The minimum absolute atomic E-state index is 0.215. The second kappa shape index (κ2) is 10.3. The quantitative estimate of drug-likeness (QED) is 0.257. The second-order valence-corrected chi connectivity index (χ2v) is 10.8. The van der Waals surface area contributed by atoms with Crippen molar-refractivity contribution in [2.75, 3.05) is 6.61 Å². The average Bonchev–Trinajstić information content (AvgIpc) is 3.49. The molecule has 2 heterocycles. The van der Waals surface area contributed by atoms with E-state index in [0.717, 1.165) is 24.0 Å². The fourth-order valence-corrected chi connectivity index (χ4v) is 4.50. The third kappa shape index (κ3) is 5.45. The molecule has 1 aliphatic rings. The molecule has 9 heteroatoms. The number of aromatic nitrogens is 4. The number of benzene rings is 2. The number of carbonyl (C=O) groups is 1. The summed E-state index contributed by atoms with van der Waals surface area (Å²) in [7, 11) is 0. The van der Waals surface area contributed by atoms with E-state index in [1.807, 2.05) is 12.1 Å². The van der Waals surface area contributed by atoms with Gasteiger partial charge in [0.1, 0.15) is 23.5 Å². The number of hydrogen-bond donors (Lipinski definition) is 1. The lowest BCUT2D eigenvalue weighted by molar-refractivity contribution is -0.141. The zero-order valence-corrected chi connectivity index (χ0v) is 22.7. The number of rotatable bonds is 10. The standard InChI is InChI=1S/C29H31ClN4O4/c1-17-5-6-18(2)20(13-17)15-34-25(33-24-26(34)31-16-32-27(24)38-29(4)10-11-29)22-8-7-21(14-23(22)30)37-12-9-19(3)28(35)36/h5-8,13-14,16,19H,9-12,15H2,1-4H3,(H,35,36). The largest absolute Gasteiger partial charge is 0.494 e. The highest BCUT2D eigenvalue weighted by Gasteiger charge is 2.41. The molecule has 0 radical (unpaired) electrons. The highest BCUT2D eigenvalue weighted by molar-refractivity contribution is 6.33. The monoisotopic (exact) mass is 534 g/mol. The van der Waals surface area contributed by atoms with Gasteiger partial charge in [-0.2, -0.15) is 4.98 Å². The summed E-state index contributed by atoms with van der Waals surface area (Å²) >= 11 is 6.78. The van der Waals surface area contributed by atoms with E-state index < -0.39 is 11.9 Å². The van der Waals surface area contributed by atoms with Crippen LogP contribution in [0.3, 0.4) is 0 Å². The van der Waals surface area contributed by atoms with E-state index >= 15 is 0 Å². The molecule has 0 bridgehead atoms. The van der Waals surface area contributed by atoms with Crippen molar-refractivity contribution < 1.29 is 19.4 Å². The van der Waals surface area contributed by atoms with Crippen LogP contribution in [0, 0.1) is 19.8 Å². The van der Waals surface area contributed by atoms with Crippen molar-refractivity contribution in [3.05, 3.63) is 64.4 Å². The minimum atomic E-state index is -0.841. The van der Waals surface area contributed by atoms with Gasteiger partial charge >= 0.3 is 5.97 Å². The van der Waals surface area contributed by atoms with Crippen LogP contribution in [-0.4, -0.2) is 42.8 Å². The Hall–Kier alpha value is -3.65. The van der Waals surface area contributed by atoms with Crippen LogP contribution in [0.15, 0.2) is 42.7 Å². The summed E-state index contributed by atoms with van der Waals surface area (Å²) in [6.07, 6.45) is 3.88. The van der Waals surface area contributed by atoms with Gasteiger partial charge < -0.3 is 19.1 Å². The molecule has 0 spiro atoms. The molecular weight excluding hydrogens is 504 g/mol. The molecule has 2 aromatic carbocycles. The topological polar surface area (TPSA) is 99.4 Å². The summed E-state index contributed by atoms with van der Waals surface area (Å²) in [5.41, 5.74) is 5.29. The molecule has 4 aromatic rings. The van der Waals surface area contributed by atoms with Crippen LogP contribution >= 0.6 is 11.6 Å². The van der Waals surface area contributed by atoms with Crippen molar-refractivity contribution >= 4 is 28.7 Å². The minimum Gasteiger partial charge on any atom is -0.494 e. The molecule has 198 valence electrons. The number of ether oxygens (including phenoxy) is 2. The number of nitrogens with zero attached hydrogens (tertiary/aromatic N) is 4. The van der Waals surface area contributed by atoms with Crippen molar-refractivity contribution in [1.82, 2.24) is 19.5 Å². The zero-order valence-electron chi connectivity index (χ0n) is 22.0. The zero-order chi connectivity index (χ0) is 27.0. The fourth-order valence-electron chi connectivity index (χ4n) is 4.24. The molecule has 0 aliphatic heterocycles. The molecule has 5 rings (SSSR count). The fraction of sp³-hybridized carbons (Fsp3) is 0.379. The molecule has 38 heavy (non-hydrogen) atoms. The van der Waals surface area contributed by atoms with Gasteiger partial charge in [-0.3, -0.25) is 4.79 Å². The van der Waals surface area contributed by atoms with Crippen molar-refractivity contribution in [2.45, 2.75) is 59.1 Å². The Morgan fingerprint density at radius 1 is 1.18 bits per heavy atom. The van der Waals surface area contributed by atoms with Crippen molar-refractivity contribution in [3.63, 3.8) is 0 Å². The van der Waals surface area contributed by atoms with Gasteiger partial charge in [0.2, 0.25) is 5.88 Å². The van der Waals surface area contributed by atoms with Crippen molar-refractivity contribution in [3.8, 4) is 23.0 Å². The molecule has 1 saturated carbocycles. The summed E-state index contributed by atoms with van der Waals surface area (Å²) in [4.78, 5) is 25.0. The van der Waals surface area contributed by atoms with Crippen LogP contribution in [0.5, 0.6) is 11.6 Å². The predicted octanol–water partition coefficient (Wildman–Crippen LogP) is 6.23. The van der Waals surface area contributed by atoms with E-state index in [9.17, 15) is 4.79 Å². The maximum absolute atomic E-state index is 11.1. The number of fused-ring (bicyclic) bond motifs is 1. The van der Waals surface area contributed by atoms with E-state index in [4.69, 9.17) is 31.2 Å². The number of aryl methyl sites for hydroxylation is 2. The molecule has 0 saturated heterocycles. The smallest absolute Gasteiger partial charge is 0.306 e. The Bertz CT molecular complexity index is 1510. The van der Waals surface area contributed by atoms with Crippen LogP contribution in [0.25, 0.3) is 22.6 Å². The Labute approximate surface area is 226 Å². The molecule has 1 atom stereocenters. The molecule has 0 amide bonds. The maximum Gasteiger partial charge on any atom is 0.306 e. The molecule has 1 unspecified atom stereocenters. The van der Waals surface area contributed by atoms with Gasteiger partial charge in [0.05, 0.1) is 24.1 Å². The number of imidazole rings is 1. The first-order chi connectivity index (χ1) is 18.1. The van der Waals surface area contributed by atoms with Gasteiger partial charge in [0, 0.05) is 5.56 Å². The third-order valence-corrected chi connectivity index (χ3v) is 7.36. The number of carboxylic acid groups (broad SMARTS) is 1. The maximum atomic E-state index is 11.1. The van der Waals surface area contributed by atoms with Gasteiger partial charge in [-0.05, 0) is 69.4 Å². The molecular formula is C29H31ClN4O4. The molecule has 1 aliphatic carbocycles. The van der Waals surface area contributed by atoms with Gasteiger partial charge in [0.25, 0.3) is 0 Å². The summed E-state index contributed by atoms with van der Waals surface area (Å²) in [6, 6.07) is 11.8. The normalized spacial score (nSPS) is 14.9. The Balaban J connectivity index is 1.54. The van der Waals surface area contributed by atoms with E-state index in [2.05, 4.69) is 53.5 Å². The second-order valence-electron chi connectivity index (χ2n) is 10.4. The number of aliphatic carboxylic acids is 1. The molecule has 8 nitrogen and oxygen atoms in total. The first-order valence-corrected chi connectivity index (χ1v) is 13.1. The lowest BCUT2D eigenvalue weighted by Crippen LogP contribution is -2.13. The number of halogens is 1. The van der Waals surface area contributed by atoms with E-state index in [1.165, 1.54) is 17.5 Å². The number of hydrogen-bond acceptors (Lipinski definition) is 6. The highest BCUT2D eigenvalue weighted by Crippen LogP contribution is 2.41. The van der Waals surface area contributed by atoms with Gasteiger partial charge in [-0.1, -0.05) is 42.3 Å². The third-order valence-electron chi connectivity index (χ3n) is 7.05. The Kier molecular flexibility index (Phi) is 7.01. The van der Waals surface area contributed by atoms with Gasteiger partial charge in [-0.15, -0.1) is 0 Å². The van der Waals surface area contributed by atoms with Crippen molar-refractivity contribution in [1.29, 1.82) is 0 Å². The molecule has 1 N–H and O–H groups in total.